The third-order valence-electron chi connectivity index (χ3n) is 3.73. The molecule has 0 saturated heterocycles. The van der Waals surface area contributed by atoms with Crippen molar-refractivity contribution in [1.29, 1.82) is 0 Å². The third-order valence-corrected chi connectivity index (χ3v) is 4.63. The number of rotatable bonds is 3. The Morgan fingerprint density at radius 2 is 1.86 bits per heavy atom. The van der Waals surface area contributed by atoms with Gasteiger partial charge in [0.2, 0.25) is 0 Å². The van der Waals surface area contributed by atoms with Crippen LogP contribution in [0.4, 0.5) is 5.69 Å². The Morgan fingerprint density at radius 3 is 2.62 bits per heavy atom. The second-order valence-corrected chi connectivity index (χ2v) is 6.26. The van der Waals surface area contributed by atoms with Crippen LogP contribution in [0.2, 0.25) is 0 Å². The smallest absolute Gasteiger partial charge is 0.124 e. The van der Waals surface area contributed by atoms with Gasteiger partial charge in [0.05, 0.1) is 5.69 Å². The molecule has 0 spiro atoms. The van der Waals surface area contributed by atoms with Crippen molar-refractivity contribution in [2.24, 2.45) is 0 Å². The average molecular weight is 293 g/mol. The zero-order valence-electron chi connectivity index (χ0n) is 11.5. The first-order chi connectivity index (χ1) is 10.3. The summed E-state index contributed by atoms with van der Waals surface area (Å²) in [4.78, 5) is 9.22. The number of benzene rings is 1. The van der Waals surface area contributed by atoms with E-state index in [1.807, 2.05) is 36.5 Å². The maximum Gasteiger partial charge on any atom is 0.124 e. The van der Waals surface area contributed by atoms with Crippen LogP contribution in [0, 0.1) is 0 Å². The Labute approximate surface area is 127 Å². The molecule has 3 nitrogen and oxygen atoms in total. The number of nitrogens with zero attached hydrogens (tertiary/aromatic N) is 2. The number of nitrogens with two attached hydrogens (primary N) is 1. The van der Waals surface area contributed by atoms with Crippen molar-refractivity contribution in [2.75, 3.05) is 5.73 Å². The summed E-state index contributed by atoms with van der Waals surface area (Å²) in [6, 6.07) is 12.1. The highest BCUT2D eigenvalue weighted by Crippen LogP contribution is 2.40. The Morgan fingerprint density at radius 1 is 1.05 bits per heavy atom. The summed E-state index contributed by atoms with van der Waals surface area (Å²) in [6.07, 6.45) is 4.43. The molecule has 1 aromatic carbocycles. The fourth-order valence-corrected chi connectivity index (χ4v) is 3.20. The second kappa shape index (κ2) is 4.97. The minimum atomic E-state index is 0.668. The largest absolute Gasteiger partial charge is 0.399 e. The predicted molar refractivity (Wildman–Crippen MR) is 87.2 cm³/mol. The molecule has 2 aromatic heterocycles. The number of hydrogen-bond donors (Lipinski definition) is 1. The molecular formula is C17H15N3S. The molecular weight excluding hydrogens is 278 g/mol. The van der Waals surface area contributed by atoms with Gasteiger partial charge in [0, 0.05) is 40.0 Å². The van der Waals surface area contributed by atoms with Crippen LogP contribution < -0.4 is 5.73 Å². The van der Waals surface area contributed by atoms with Gasteiger partial charge in [-0.2, -0.15) is 0 Å². The van der Waals surface area contributed by atoms with E-state index < -0.39 is 0 Å². The highest BCUT2D eigenvalue weighted by atomic mass is 32.1. The maximum absolute atomic E-state index is 5.73. The highest BCUT2D eigenvalue weighted by molar-refractivity contribution is 7.13. The first-order valence-corrected chi connectivity index (χ1v) is 7.95. The molecule has 1 fully saturated rings. The van der Waals surface area contributed by atoms with Crippen molar-refractivity contribution >= 4 is 17.0 Å². The molecule has 1 saturated carbocycles. The van der Waals surface area contributed by atoms with E-state index in [1.165, 1.54) is 24.1 Å². The van der Waals surface area contributed by atoms with Crippen molar-refractivity contribution in [3.05, 3.63) is 53.7 Å². The molecule has 0 unspecified atom stereocenters. The predicted octanol–water partition coefficient (Wildman–Crippen LogP) is 4.33. The normalized spacial score (nSPS) is 14.3. The number of anilines is 1. The molecule has 104 valence electrons. The van der Waals surface area contributed by atoms with E-state index in [4.69, 9.17) is 10.7 Å². The summed E-state index contributed by atoms with van der Waals surface area (Å²) in [7, 11) is 0. The van der Waals surface area contributed by atoms with Crippen LogP contribution in [0.1, 0.15) is 24.5 Å². The molecule has 3 aromatic rings. The number of nitrogen functional groups attached to an aromatic ring is 1. The molecule has 2 N–H and O–H groups in total. The molecule has 0 amide bonds. The molecule has 2 heterocycles. The van der Waals surface area contributed by atoms with E-state index >= 15 is 0 Å². The topological polar surface area (TPSA) is 51.8 Å². The average Bonchev–Trinajstić information content (AvgIpc) is 3.26. The fraction of sp³-hybridized carbons (Fsp3) is 0.176. The summed E-state index contributed by atoms with van der Waals surface area (Å²) >= 11 is 1.67. The Kier molecular flexibility index (Phi) is 2.97. The highest BCUT2D eigenvalue weighted by Gasteiger charge is 2.25. The van der Waals surface area contributed by atoms with Crippen LogP contribution in [0.15, 0.2) is 48.0 Å². The van der Waals surface area contributed by atoms with Crippen molar-refractivity contribution in [2.45, 2.75) is 18.8 Å². The Bertz CT molecular complexity index is 773. The minimum absolute atomic E-state index is 0.668. The lowest BCUT2D eigenvalue weighted by molar-refractivity contribution is 1.02. The van der Waals surface area contributed by atoms with E-state index in [9.17, 15) is 0 Å². The van der Waals surface area contributed by atoms with E-state index in [-0.39, 0.29) is 0 Å². The zero-order valence-corrected chi connectivity index (χ0v) is 12.3. The lowest BCUT2D eigenvalue weighted by Gasteiger charge is -2.00. The van der Waals surface area contributed by atoms with Crippen molar-refractivity contribution in [3.63, 3.8) is 0 Å². The molecule has 4 rings (SSSR count). The first-order valence-electron chi connectivity index (χ1n) is 7.07. The quantitative estimate of drug-likeness (QED) is 0.731. The van der Waals surface area contributed by atoms with Gasteiger partial charge in [-0.3, -0.25) is 4.98 Å². The van der Waals surface area contributed by atoms with Crippen molar-refractivity contribution in [3.8, 4) is 21.8 Å². The molecule has 0 aliphatic heterocycles. The second-order valence-electron chi connectivity index (χ2n) is 5.40. The fourth-order valence-electron chi connectivity index (χ4n) is 2.38. The lowest BCUT2D eigenvalue weighted by Crippen LogP contribution is -1.87. The maximum atomic E-state index is 5.73. The van der Waals surface area contributed by atoms with E-state index in [1.54, 1.807) is 11.3 Å². The lowest BCUT2D eigenvalue weighted by atomic mass is 10.1. The summed E-state index contributed by atoms with van der Waals surface area (Å²) < 4.78 is 0. The van der Waals surface area contributed by atoms with E-state index in [2.05, 4.69) is 16.4 Å². The molecule has 1 aliphatic carbocycles. The molecule has 4 heteroatoms. The van der Waals surface area contributed by atoms with Gasteiger partial charge in [-0.25, -0.2) is 4.98 Å². The summed E-state index contributed by atoms with van der Waals surface area (Å²) in [5.74, 6) is 0.668. The van der Waals surface area contributed by atoms with Crippen LogP contribution in [0.3, 0.4) is 0 Å². The SMILES string of the molecule is Nc1ccc(-c2csc(-c3ccnc(C4CC4)c3)n2)cc1. The Hall–Kier alpha value is -2.20. The molecule has 21 heavy (non-hydrogen) atoms. The van der Waals surface area contributed by atoms with Crippen molar-refractivity contribution < 1.29 is 0 Å². The molecule has 0 atom stereocenters. The van der Waals surface area contributed by atoms with Crippen LogP contribution in [-0.2, 0) is 0 Å². The van der Waals surface area contributed by atoms with Gasteiger partial charge in [0.25, 0.3) is 0 Å². The monoisotopic (exact) mass is 293 g/mol. The molecule has 0 radical (unpaired) electrons. The minimum Gasteiger partial charge on any atom is -0.399 e. The van der Waals surface area contributed by atoms with Gasteiger partial charge in [-0.15, -0.1) is 11.3 Å². The summed E-state index contributed by atoms with van der Waals surface area (Å²) in [5, 5.41) is 3.14. The van der Waals surface area contributed by atoms with Crippen LogP contribution >= 0.6 is 11.3 Å². The summed E-state index contributed by atoms with van der Waals surface area (Å²) in [6.45, 7) is 0. The summed E-state index contributed by atoms with van der Waals surface area (Å²) in [5.41, 5.74) is 11.0. The molecule has 0 bridgehead atoms. The van der Waals surface area contributed by atoms with Gasteiger partial charge in [-0.05, 0) is 37.1 Å². The van der Waals surface area contributed by atoms with Gasteiger partial charge >= 0.3 is 0 Å². The van der Waals surface area contributed by atoms with E-state index in [0.29, 0.717) is 5.92 Å². The number of hydrogen-bond acceptors (Lipinski definition) is 4. The van der Waals surface area contributed by atoms with E-state index in [0.717, 1.165) is 22.0 Å². The van der Waals surface area contributed by atoms with Gasteiger partial charge in [0.1, 0.15) is 5.01 Å². The van der Waals surface area contributed by atoms with Gasteiger partial charge < -0.3 is 5.73 Å². The number of aromatic nitrogens is 2. The zero-order chi connectivity index (χ0) is 14.2. The van der Waals surface area contributed by atoms with Crippen LogP contribution in [-0.4, -0.2) is 9.97 Å². The van der Waals surface area contributed by atoms with Crippen LogP contribution in [0.5, 0.6) is 0 Å². The first kappa shape index (κ1) is 12.5. The number of thiazole rings is 1. The Balaban J connectivity index is 1.67. The standard InChI is InChI=1S/C17H15N3S/c18-14-5-3-12(4-6-14)16-10-21-17(20-16)13-7-8-19-15(9-13)11-1-2-11/h3-11H,1-2,18H2. The van der Waals surface area contributed by atoms with Crippen molar-refractivity contribution in [1.82, 2.24) is 9.97 Å². The number of pyridine rings is 1. The van der Waals surface area contributed by atoms with Crippen LogP contribution in [0.25, 0.3) is 21.8 Å². The molecule has 1 aliphatic rings. The van der Waals surface area contributed by atoms with Gasteiger partial charge in [-0.1, -0.05) is 12.1 Å². The third kappa shape index (κ3) is 2.54. The van der Waals surface area contributed by atoms with Gasteiger partial charge in [0.15, 0.2) is 0 Å².